The van der Waals surface area contributed by atoms with Gasteiger partial charge in [-0.2, -0.15) is 0 Å². The molecule has 0 saturated carbocycles. The van der Waals surface area contributed by atoms with Crippen LogP contribution in [0, 0.1) is 0 Å². The van der Waals surface area contributed by atoms with E-state index in [0.29, 0.717) is 23.5 Å². The minimum absolute atomic E-state index is 0.0891. The fourth-order valence-corrected chi connectivity index (χ4v) is 1.66. The molecule has 18 heavy (non-hydrogen) atoms. The number of nitrogens with two attached hydrogens (primary N) is 1. The van der Waals surface area contributed by atoms with Gasteiger partial charge in [-0.15, -0.1) is 0 Å². The van der Waals surface area contributed by atoms with Crippen molar-refractivity contribution in [2.75, 3.05) is 25.6 Å². The average molecular weight is 270 g/mol. The van der Waals surface area contributed by atoms with Gasteiger partial charge in [0.05, 0.1) is 12.7 Å². The Hall–Kier alpha value is -1.56. The first kappa shape index (κ1) is 14.5. The summed E-state index contributed by atoms with van der Waals surface area (Å²) in [5.41, 5.74) is 6.56. The third-order valence-corrected chi connectivity index (χ3v) is 3.89. The summed E-state index contributed by atoms with van der Waals surface area (Å²) in [4.78, 5) is 11.9. The number of methoxy groups -OCH3 is 1. The normalized spacial score (nSPS) is 13.7. The molecule has 2 atom stereocenters. The second kappa shape index (κ2) is 6.39. The lowest BCUT2D eigenvalue weighted by molar-refractivity contribution is 0.0951. The van der Waals surface area contributed by atoms with Crippen molar-refractivity contribution in [1.82, 2.24) is 5.32 Å². The molecule has 6 heteroatoms. The summed E-state index contributed by atoms with van der Waals surface area (Å²) in [6, 6.07) is 4.84. The van der Waals surface area contributed by atoms with Crippen LogP contribution in [0.1, 0.15) is 17.3 Å². The average Bonchev–Trinajstić information content (AvgIpc) is 2.34. The van der Waals surface area contributed by atoms with Crippen LogP contribution in [0.4, 0.5) is 5.69 Å². The summed E-state index contributed by atoms with van der Waals surface area (Å²) in [6.07, 6.45) is 1.61. The lowest BCUT2D eigenvalue weighted by atomic mass is 10.1. The van der Waals surface area contributed by atoms with Crippen LogP contribution in [0.3, 0.4) is 0 Å². The number of benzene rings is 1. The molecule has 1 rings (SSSR count). The van der Waals surface area contributed by atoms with Crippen molar-refractivity contribution in [3.8, 4) is 5.75 Å². The Bertz CT molecular complexity index is 463. The molecular formula is C12H18N2O3S. The number of nitrogen functional groups attached to an aromatic ring is 1. The molecule has 0 saturated heterocycles. The third kappa shape index (κ3) is 3.73. The molecule has 0 aliphatic carbocycles. The van der Waals surface area contributed by atoms with Gasteiger partial charge in [-0.25, -0.2) is 0 Å². The molecule has 0 spiro atoms. The minimum atomic E-state index is -0.960. The summed E-state index contributed by atoms with van der Waals surface area (Å²) < 4.78 is 16.3. The zero-order valence-electron chi connectivity index (χ0n) is 10.7. The van der Waals surface area contributed by atoms with E-state index in [1.165, 1.54) is 7.11 Å². The van der Waals surface area contributed by atoms with Gasteiger partial charge in [-0.05, 0) is 19.1 Å². The molecule has 0 fully saturated rings. The van der Waals surface area contributed by atoms with E-state index in [-0.39, 0.29) is 11.2 Å². The monoisotopic (exact) mass is 270 g/mol. The first-order valence-corrected chi connectivity index (χ1v) is 7.11. The van der Waals surface area contributed by atoms with E-state index >= 15 is 0 Å². The number of hydrogen-bond donors (Lipinski definition) is 2. The summed E-state index contributed by atoms with van der Waals surface area (Å²) in [5.74, 6) is 0.168. The predicted octanol–water partition coefficient (Wildman–Crippen LogP) is 0.774. The minimum Gasteiger partial charge on any atom is -0.496 e. The molecule has 5 nitrogen and oxygen atoms in total. The third-order valence-electron chi connectivity index (χ3n) is 2.59. The quantitative estimate of drug-likeness (QED) is 0.775. The zero-order valence-corrected chi connectivity index (χ0v) is 11.5. The van der Waals surface area contributed by atoms with Crippen molar-refractivity contribution in [1.29, 1.82) is 0 Å². The Morgan fingerprint density at radius 3 is 2.78 bits per heavy atom. The number of amides is 1. The van der Waals surface area contributed by atoms with Gasteiger partial charge in [0.15, 0.2) is 0 Å². The van der Waals surface area contributed by atoms with Gasteiger partial charge in [0.2, 0.25) is 0 Å². The Morgan fingerprint density at radius 2 is 2.22 bits per heavy atom. The Balaban J connectivity index is 2.75. The lowest BCUT2D eigenvalue weighted by Gasteiger charge is -2.12. The van der Waals surface area contributed by atoms with E-state index in [1.54, 1.807) is 24.5 Å². The molecule has 1 amide bonds. The van der Waals surface area contributed by atoms with E-state index in [9.17, 15) is 9.00 Å². The number of nitrogens with one attached hydrogen (secondary N) is 1. The van der Waals surface area contributed by atoms with E-state index in [4.69, 9.17) is 10.5 Å². The summed E-state index contributed by atoms with van der Waals surface area (Å²) in [5, 5.41) is 2.63. The van der Waals surface area contributed by atoms with Crippen LogP contribution in [-0.2, 0) is 10.8 Å². The number of rotatable bonds is 5. The highest BCUT2D eigenvalue weighted by Gasteiger charge is 2.14. The topological polar surface area (TPSA) is 81.4 Å². The van der Waals surface area contributed by atoms with Crippen LogP contribution in [0.15, 0.2) is 18.2 Å². The predicted molar refractivity (Wildman–Crippen MR) is 73.3 cm³/mol. The molecule has 100 valence electrons. The van der Waals surface area contributed by atoms with Gasteiger partial charge in [-0.1, -0.05) is 0 Å². The van der Waals surface area contributed by atoms with Gasteiger partial charge in [0.25, 0.3) is 5.91 Å². The maximum atomic E-state index is 11.9. The highest BCUT2D eigenvalue weighted by molar-refractivity contribution is 7.84. The molecule has 0 radical (unpaired) electrons. The maximum Gasteiger partial charge on any atom is 0.255 e. The summed E-state index contributed by atoms with van der Waals surface area (Å²) in [7, 11) is 0.522. The standard InChI is InChI=1S/C12H18N2O3S/c1-8(18(3)16)7-14-12(15)10-5-4-9(13)6-11(10)17-2/h4-6,8H,7,13H2,1-3H3,(H,14,15). The van der Waals surface area contributed by atoms with Crippen molar-refractivity contribution in [2.24, 2.45) is 0 Å². The van der Waals surface area contributed by atoms with Crippen molar-refractivity contribution in [3.63, 3.8) is 0 Å². The Labute approximate surface area is 109 Å². The fourth-order valence-electron chi connectivity index (χ4n) is 1.34. The van der Waals surface area contributed by atoms with Gasteiger partial charge in [0.1, 0.15) is 5.75 Å². The Morgan fingerprint density at radius 1 is 1.56 bits per heavy atom. The molecule has 0 bridgehead atoms. The number of carbonyl (C=O) groups excluding carboxylic acids is 1. The fraction of sp³-hybridized carbons (Fsp3) is 0.417. The van der Waals surface area contributed by atoms with Gasteiger partial charge in [-0.3, -0.25) is 9.00 Å². The molecule has 1 aromatic carbocycles. The molecule has 3 N–H and O–H groups in total. The smallest absolute Gasteiger partial charge is 0.255 e. The van der Waals surface area contributed by atoms with Crippen LogP contribution >= 0.6 is 0 Å². The molecule has 2 unspecified atom stereocenters. The highest BCUT2D eigenvalue weighted by Crippen LogP contribution is 2.21. The second-order valence-corrected chi connectivity index (χ2v) is 5.78. The van der Waals surface area contributed by atoms with Crippen LogP contribution in [0.25, 0.3) is 0 Å². The SMILES string of the molecule is COc1cc(N)ccc1C(=O)NCC(C)S(C)=O. The van der Waals surface area contributed by atoms with Crippen molar-refractivity contribution < 1.29 is 13.7 Å². The van der Waals surface area contributed by atoms with Gasteiger partial charge in [0, 0.05) is 40.6 Å². The number of carbonyl (C=O) groups is 1. The van der Waals surface area contributed by atoms with E-state index in [1.807, 2.05) is 6.92 Å². The molecule has 0 aliphatic heterocycles. The molecular weight excluding hydrogens is 252 g/mol. The second-order valence-electron chi connectivity index (χ2n) is 3.98. The van der Waals surface area contributed by atoms with E-state index in [0.717, 1.165) is 0 Å². The van der Waals surface area contributed by atoms with Crippen LogP contribution in [0.2, 0.25) is 0 Å². The first-order valence-electron chi connectivity index (χ1n) is 5.49. The number of hydrogen-bond acceptors (Lipinski definition) is 4. The maximum absolute atomic E-state index is 11.9. The first-order chi connectivity index (χ1) is 8.45. The van der Waals surface area contributed by atoms with Crippen LogP contribution in [-0.4, -0.2) is 35.3 Å². The Kier molecular flexibility index (Phi) is 5.15. The highest BCUT2D eigenvalue weighted by atomic mass is 32.2. The largest absolute Gasteiger partial charge is 0.496 e. The number of ether oxygens (including phenoxy) is 1. The molecule has 0 aromatic heterocycles. The molecule has 0 heterocycles. The van der Waals surface area contributed by atoms with Gasteiger partial charge >= 0.3 is 0 Å². The molecule has 0 aliphatic rings. The van der Waals surface area contributed by atoms with Crippen LogP contribution in [0.5, 0.6) is 5.75 Å². The molecule has 1 aromatic rings. The summed E-state index contributed by atoms with van der Waals surface area (Å²) >= 11 is 0. The summed E-state index contributed by atoms with van der Waals surface area (Å²) in [6.45, 7) is 2.17. The van der Waals surface area contributed by atoms with Crippen molar-refractivity contribution >= 4 is 22.4 Å². The van der Waals surface area contributed by atoms with Gasteiger partial charge < -0.3 is 15.8 Å². The zero-order chi connectivity index (χ0) is 13.7. The van der Waals surface area contributed by atoms with Crippen molar-refractivity contribution in [3.05, 3.63) is 23.8 Å². The van der Waals surface area contributed by atoms with Crippen LogP contribution < -0.4 is 15.8 Å². The van der Waals surface area contributed by atoms with E-state index in [2.05, 4.69) is 5.32 Å². The number of anilines is 1. The van der Waals surface area contributed by atoms with E-state index < -0.39 is 10.8 Å². The lowest BCUT2D eigenvalue weighted by Crippen LogP contribution is -2.32. The van der Waals surface area contributed by atoms with Crippen molar-refractivity contribution in [2.45, 2.75) is 12.2 Å².